The average molecular weight is 355 g/mol. The fourth-order valence-corrected chi connectivity index (χ4v) is 4.67. The topological polar surface area (TPSA) is 40.6 Å². The lowest BCUT2D eigenvalue weighted by Gasteiger charge is -2.34. The van der Waals surface area contributed by atoms with E-state index in [2.05, 4.69) is 37.7 Å². The highest BCUT2D eigenvalue weighted by molar-refractivity contribution is 7.86. The molecule has 0 spiro atoms. The Balaban J connectivity index is 0. The summed E-state index contributed by atoms with van der Waals surface area (Å²) < 4.78 is 22.0. The largest absolute Gasteiger partial charge is 0.305 e. The van der Waals surface area contributed by atoms with Gasteiger partial charge in [-0.2, -0.15) is 0 Å². The third kappa shape index (κ3) is 10.9. The first-order chi connectivity index (χ1) is 10.3. The van der Waals surface area contributed by atoms with Crippen molar-refractivity contribution in [2.45, 2.75) is 46.3 Å². The molecule has 4 nitrogen and oxygen atoms in total. The maximum absolute atomic E-state index is 11.3. The van der Waals surface area contributed by atoms with Crippen LogP contribution in [-0.2, 0) is 21.6 Å². The van der Waals surface area contributed by atoms with Gasteiger partial charge in [-0.25, -0.2) is 0 Å². The van der Waals surface area contributed by atoms with Gasteiger partial charge in [-0.05, 0) is 27.9 Å². The molecule has 0 bridgehead atoms. The van der Waals surface area contributed by atoms with Gasteiger partial charge in [0.05, 0.1) is 4.75 Å². The predicted molar refractivity (Wildman–Crippen MR) is 103 cm³/mol. The van der Waals surface area contributed by atoms with Crippen molar-refractivity contribution in [1.82, 2.24) is 9.80 Å². The van der Waals surface area contributed by atoms with Crippen molar-refractivity contribution < 1.29 is 8.42 Å². The van der Waals surface area contributed by atoms with E-state index in [1.54, 1.807) is 0 Å². The molecule has 0 aromatic rings. The Morgan fingerprint density at radius 1 is 0.773 bits per heavy atom. The summed E-state index contributed by atoms with van der Waals surface area (Å²) in [5, 5.41) is 0. The van der Waals surface area contributed by atoms with Crippen LogP contribution in [0.1, 0.15) is 41.5 Å². The summed E-state index contributed by atoms with van der Waals surface area (Å²) in [5.41, 5.74) is 0. The molecule has 0 aromatic heterocycles. The molecular formula is C16H38N2O2S2. The van der Waals surface area contributed by atoms with Crippen molar-refractivity contribution in [2.24, 2.45) is 0 Å². The summed E-state index contributed by atoms with van der Waals surface area (Å²) in [4.78, 5) is 4.45. The van der Waals surface area contributed by atoms with Crippen molar-refractivity contribution in [3.63, 3.8) is 0 Å². The van der Waals surface area contributed by atoms with Crippen LogP contribution in [0.15, 0.2) is 0 Å². The van der Waals surface area contributed by atoms with Gasteiger partial charge in [0.1, 0.15) is 0 Å². The summed E-state index contributed by atoms with van der Waals surface area (Å²) in [6.07, 6.45) is 0. The van der Waals surface area contributed by atoms with Crippen molar-refractivity contribution in [1.29, 1.82) is 0 Å². The molecule has 2 rings (SSSR count). The first-order valence-electron chi connectivity index (χ1n) is 8.42. The highest BCUT2D eigenvalue weighted by Gasteiger charge is 2.31. The van der Waals surface area contributed by atoms with Crippen LogP contribution in [0.4, 0.5) is 0 Å². The van der Waals surface area contributed by atoms with Gasteiger partial charge in [0.15, 0.2) is 0 Å². The molecule has 0 radical (unpaired) electrons. The van der Waals surface area contributed by atoms with Gasteiger partial charge in [-0.3, -0.25) is 8.42 Å². The molecule has 6 heteroatoms. The first-order valence-corrected chi connectivity index (χ1v) is 11.2. The van der Waals surface area contributed by atoms with E-state index in [1.165, 1.54) is 0 Å². The zero-order valence-corrected chi connectivity index (χ0v) is 17.6. The Morgan fingerprint density at radius 3 is 1.50 bits per heavy atom. The fourth-order valence-electron chi connectivity index (χ4n) is 2.05. The van der Waals surface area contributed by atoms with Crippen LogP contribution in [-0.4, -0.2) is 80.5 Å². The predicted octanol–water partition coefficient (Wildman–Crippen LogP) is 2.19. The van der Waals surface area contributed by atoms with E-state index in [0.29, 0.717) is 0 Å². The average Bonchev–Trinajstić information content (AvgIpc) is 2.51. The molecule has 2 fully saturated rings. The molecule has 2 heterocycles. The van der Waals surface area contributed by atoms with E-state index in [0.717, 1.165) is 43.4 Å². The summed E-state index contributed by atoms with van der Waals surface area (Å²) in [7, 11) is 3.03. The van der Waals surface area contributed by atoms with Gasteiger partial charge < -0.3 is 9.80 Å². The van der Waals surface area contributed by atoms with Gasteiger partial charge >= 0.3 is 0 Å². The molecule has 1 unspecified atom stereocenters. The minimum absolute atomic E-state index is 0.00694. The number of hydrogen-bond acceptors (Lipinski definition) is 4. The fraction of sp³-hybridized carbons (Fsp3) is 1.00. The van der Waals surface area contributed by atoms with Crippen molar-refractivity contribution in [3.05, 3.63) is 0 Å². The number of hydrogen-bond donors (Lipinski definition) is 0. The monoisotopic (exact) mass is 354 g/mol. The Hall–Kier alpha value is 0.220. The minimum Gasteiger partial charge on any atom is -0.305 e. The van der Waals surface area contributed by atoms with Crippen LogP contribution in [0, 0.1) is 0 Å². The molecule has 0 N–H and O–H groups in total. The maximum atomic E-state index is 11.3. The van der Waals surface area contributed by atoms with Crippen LogP contribution in [0.25, 0.3) is 0 Å². The smallest absolute Gasteiger partial charge is 0.0530 e. The molecular weight excluding hydrogens is 316 g/mol. The molecule has 22 heavy (non-hydrogen) atoms. The zero-order chi connectivity index (χ0) is 17.8. The molecule has 2 aliphatic rings. The summed E-state index contributed by atoms with van der Waals surface area (Å²) in [6.45, 7) is 16.1. The summed E-state index contributed by atoms with van der Waals surface area (Å²) >= 11 is 0. The van der Waals surface area contributed by atoms with Gasteiger partial charge in [-0.15, -0.1) is 0 Å². The maximum Gasteiger partial charge on any atom is 0.0530 e. The Bertz CT molecular complexity index is 313. The lowest BCUT2D eigenvalue weighted by Crippen LogP contribution is -2.48. The molecule has 2 aliphatic heterocycles. The van der Waals surface area contributed by atoms with Crippen molar-refractivity contribution >= 4 is 21.6 Å². The zero-order valence-electron chi connectivity index (χ0n) is 16.0. The summed E-state index contributed by atoms with van der Waals surface area (Å²) in [5.74, 6) is 2.58. The molecule has 0 aliphatic carbocycles. The second-order valence-corrected chi connectivity index (χ2v) is 9.60. The van der Waals surface area contributed by atoms with Gasteiger partial charge in [0, 0.05) is 65.0 Å². The molecule has 136 valence electrons. The van der Waals surface area contributed by atoms with E-state index in [1.807, 2.05) is 27.7 Å². The van der Waals surface area contributed by atoms with E-state index in [-0.39, 0.29) is 4.75 Å². The summed E-state index contributed by atoms with van der Waals surface area (Å²) in [6, 6.07) is 0. The molecule has 2 saturated heterocycles. The molecule has 0 saturated carbocycles. The van der Waals surface area contributed by atoms with Crippen LogP contribution in [0.3, 0.4) is 0 Å². The third-order valence-corrected chi connectivity index (χ3v) is 6.52. The van der Waals surface area contributed by atoms with Crippen LogP contribution < -0.4 is 0 Å². The normalized spacial score (nSPS) is 25.5. The van der Waals surface area contributed by atoms with Gasteiger partial charge in [-0.1, -0.05) is 27.7 Å². The molecule has 1 atom stereocenters. The SMILES string of the molecule is CC.CC.CN1CCS(=O)C(C)(C)C1.CN1CCS(=O)CC1. The molecule has 0 amide bonds. The quantitative estimate of drug-likeness (QED) is 0.669. The van der Waals surface area contributed by atoms with Gasteiger partial charge in [0.25, 0.3) is 0 Å². The number of nitrogens with zero attached hydrogens (tertiary/aromatic N) is 2. The highest BCUT2D eigenvalue weighted by Crippen LogP contribution is 2.18. The standard InChI is InChI=1S/C7H15NOS.C5H11NOS.2C2H6/c1-7(2)6-8(3)4-5-10(7)9;1-6-2-4-8(7)5-3-6;2*1-2/h4-6H2,1-3H3;2-5H2,1H3;2*1-2H3. The minimum atomic E-state index is -0.613. The lowest BCUT2D eigenvalue weighted by atomic mass is 10.2. The highest BCUT2D eigenvalue weighted by atomic mass is 32.2. The van der Waals surface area contributed by atoms with Crippen molar-refractivity contribution in [3.8, 4) is 0 Å². The molecule has 0 aromatic carbocycles. The van der Waals surface area contributed by atoms with Crippen LogP contribution in [0.2, 0.25) is 0 Å². The first kappa shape index (κ1) is 24.5. The third-order valence-electron chi connectivity index (χ3n) is 3.33. The van der Waals surface area contributed by atoms with Crippen LogP contribution in [0.5, 0.6) is 0 Å². The Morgan fingerprint density at radius 2 is 1.18 bits per heavy atom. The van der Waals surface area contributed by atoms with E-state index in [4.69, 9.17) is 0 Å². The second-order valence-electron chi connectivity index (χ2n) is 5.70. The Kier molecular flexibility index (Phi) is 15.2. The lowest BCUT2D eigenvalue weighted by molar-refractivity contribution is 0.309. The van der Waals surface area contributed by atoms with E-state index < -0.39 is 21.6 Å². The van der Waals surface area contributed by atoms with Gasteiger partial charge in [0.2, 0.25) is 0 Å². The van der Waals surface area contributed by atoms with Crippen molar-refractivity contribution in [2.75, 3.05) is 57.5 Å². The Labute approximate surface area is 143 Å². The van der Waals surface area contributed by atoms with E-state index in [9.17, 15) is 8.42 Å². The van der Waals surface area contributed by atoms with E-state index >= 15 is 0 Å². The van der Waals surface area contributed by atoms with Crippen LogP contribution >= 0.6 is 0 Å². The number of rotatable bonds is 0. The second kappa shape index (κ2) is 13.6.